The number of halogens is 2. The number of nitrogens with one attached hydrogen (secondary N) is 1. The summed E-state index contributed by atoms with van der Waals surface area (Å²) in [5.74, 6) is 0.773. The molecule has 0 saturated carbocycles. The van der Waals surface area contributed by atoms with E-state index in [-0.39, 0.29) is 11.5 Å². The third kappa shape index (κ3) is 3.44. The monoisotopic (exact) mass is 500 g/mol. The van der Waals surface area contributed by atoms with Gasteiger partial charge >= 0.3 is 0 Å². The van der Waals surface area contributed by atoms with Gasteiger partial charge in [-0.1, -0.05) is 45.7 Å². The van der Waals surface area contributed by atoms with E-state index in [9.17, 15) is 4.79 Å². The molecule has 0 aliphatic carbocycles. The van der Waals surface area contributed by atoms with E-state index in [4.69, 9.17) is 4.98 Å². The normalized spacial score (nSPS) is 13.0. The number of aromatic nitrogens is 3. The van der Waals surface area contributed by atoms with Crippen molar-refractivity contribution in [1.82, 2.24) is 14.6 Å². The van der Waals surface area contributed by atoms with Gasteiger partial charge in [-0.05, 0) is 42.8 Å². The Morgan fingerprint density at radius 2 is 1.89 bits per heavy atom. The van der Waals surface area contributed by atoms with Crippen LogP contribution in [0.15, 0.2) is 61.4 Å². The van der Waals surface area contributed by atoms with E-state index >= 15 is 0 Å². The largest absolute Gasteiger partial charge is 0.361 e. The molecule has 0 unspecified atom stereocenters. The standard InChI is InChI=1S/C21H18Br2N4O/c1-3-12(2)20-26-19-7-5-15(23)9-17(19)21(28)27(20)25-11-13-10-24-18-6-4-14(22)8-16(13)18/h4-12,24H,3H2,1-2H3/t12-/m1/s1. The molecule has 4 rings (SSSR count). The first kappa shape index (κ1) is 19.1. The number of aromatic amines is 1. The molecular weight excluding hydrogens is 484 g/mol. The van der Waals surface area contributed by atoms with Crippen LogP contribution in [0.5, 0.6) is 0 Å². The zero-order chi connectivity index (χ0) is 19.8. The molecule has 2 aromatic heterocycles. The van der Waals surface area contributed by atoms with Gasteiger partial charge in [0.15, 0.2) is 0 Å². The maximum absolute atomic E-state index is 13.2. The fraction of sp³-hybridized carbons (Fsp3) is 0.190. The van der Waals surface area contributed by atoms with Crippen molar-refractivity contribution in [3.05, 3.63) is 73.3 Å². The minimum absolute atomic E-state index is 0.106. The Morgan fingerprint density at radius 1 is 1.18 bits per heavy atom. The molecule has 0 aliphatic rings. The van der Waals surface area contributed by atoms with Crippen molar-refractivity contribution in [2.24, 2.45) is 5.10 Å². The fourth-order valence-corrected chi connectivity index (χ4v) is 3.84. The highest BCUT2D eigenvalue weighted by Crippen LogP contribution is 2.23. The lowest BCUT2D eigenvalue weighted by Crippen LogP contribution is -2.23. The second-order valence-electron chi connectivity index (χ2n) is 6.74. The van der Waals surface area contributed by atoms with Gasteiger partial charge in [-0.3, -0.25) is 4.79 Å². The summed E-state index contributed by atoms with van der Waals surface area (Å²) in [5.41, 5.74) is 2.44. The predicted octanol–water partition coefficient (Wildman–Crippen LogP) is 5.80. The molecule has 1 N–H and O–H groups in total. The van der Waals surface area contributed by atoms with E-state index in [0.29, 0.717) is 16.7 Å². The average molecular weight is 502 g/mol. The second-order valence-corrected chi connectivity index (χ2v) is 8.57. The number of benzene rings is 2. The minimum Gasteiger partial charge on any atom is -0.361 e. The van der Waals surface area contributed by atoms with Crippen molar-refractivity contribution in [1.29, 1.82) is 0 Å². The van der Waals surface area contributed by atoms with E-state index in [1.165, 1.54) is 4.68 Å². The predicted molar refractivity (Wildman–Crippen MR) is 121 cm³/mol. The van der Waals surface area contributed by atoms with Gasteiger partial charge in [-0.15, -0.1) is 0 Å². The minimum atomic E-state index is -0.168. The zero-order valence-corrected chi connectivity index (χ0v) is 18.6. The third-order valence-corrected chi connectivity index (χ3v) is 5.86. The molecule has 0 spiro atoms. The summed E-state index contributed by atoms with van der Waals surface area (Å²) < 4.78 is 3.26. The summed E-state index contributed by atoms with van der Waals surface area (Å²) in [6.07, 6.45) is 4.47. The number of nitrogens with zero attached hydrogens (tertiary/aromatic N) is 3. The van der Waals surface area contributed by atoms with Crippen molar-refractivity contribution in [2.75, 3.05) is 0 Å². The molecule has 28 heavy (non-hydrogen) atoms. The molecule has 0 radical (unpaired) electrons. The number of fused-ring (bicyclic) bond motifs is 2. The van der Waals surface area contributed by atoms with Gasteiger partial charge in [0.2, 0.25) is 0 Å². The van der Waals surface area contributed by atoms with Crippen molar-refractivity contribution in [3.63, 3.8) is 0 Å². The molecule has 7 heteroatoms. The van der Waals surface area contributed by atoms with E-state index < -0.39 is 0 Å². The van der Waals surface area contributed by atoms with Gasteiger partial charge in [-0.2, -0.15) is 9.78 Å². The molecule has 142 valence electrons. The van der Waals surface area contributed by atoms with E-state index in [1.54, 1.807) is 12.3 Å². The number of hydrogen-bond acceptors (Lipinski definition) is 3. The maximum Gasteiger partial charge on any atom is 0.282 e. The highest BCUT2D eigenvalue weighted by molar-refractivity contribution is 9.10. The molecule has 0 amide bonds. The molecule has 0 fully saturated rings. The average Bonchev–Trinajstić information content (AvgIpc) is 3.09. The van der Waals surface area contributed by atoms with Crippen LogP contribution in [0, 0.1) is 0 Å². The van der Waals surface area contributed by atoms with Crippen molar-refractivity contribution in [2.45, 2.75) is 26.2 Å². The van der Waals surface area contributed by atoms with Crippen LogP contribution >= 0.6 is 31.9 Å². The van der Waals surface area contributed by atoms with Crippen LogP contribution in [-0.2, 0) is 0 Å². The van der Waals surface area contributed by atoms with Gasteiger partial charge in [-0.25, -0.2) is 4.98 Å². The molecule has 0 saturated heterocycles. The molecule has 4 aromatic rings. The maximum atomic E-state index is 13.2. The molecule has 1 atom stereocenters. The topological polar surface area (TPSA) is 63.0 Å². The zero-order valence-electron chi connectivity index (χ0n) is 15.4. The summed E-state index contributed by atoms with van der Waals surface area (Å²) in [6, 6.07) is 11.6. The van der Waals surface area contributed by atoms with Crippen molar-refractivity contribution in [3.8, 4) is 0 Å². The number of hydrogen-bond donors (Lipinski definition) is 1. The summed E-state index contributed by atoms with van der Waals surface area (Å²) in [7, 11) is 0. The quantitative estimate of drug-likeness (QED) is 0.359. The molecule has 2 aromatic carbocycles. The van der Waals surface area contributed by atoms with Crippen LogP contribution in [0.25, 0.3) is 21.8 Å². The highest BCUT2D eigenvalue weighted by atomic mass is 79.9. The van der Waals surface area contributed by atoms with Gasteiger partial charge in [0.1, 0.15) is 5.82 Å². The lowest BCUT2D eigenvalue weighted by molar-refractivity contribution is 0.613. The smallest absolute Gasteiger partial charge is 0.282 e. The van der Waals surface area contributed by atoms with Crippen molar-refractivity contribution < 1.29 is 0 Å². The van der Waals surface area contributed by atoms with Gasteiger partial charge < -0.3 is 4.98 Å². The Morgan fingerprint density at radius 3 is 2.64 bits per heavy atom. The van der Waals surface area contributed by atoms with Crippen LogP contribution < -0.4 is 5.56 Å². The van der Waals surface area contributed by atoms with Gasteiger partial charge in [0.25, 0.3) is 5.56 Å². The highest BCUT2D eigenvalue weighted by Gasteiger charge is 2.15. The van der Waals surface area contributed by atoms with Gasteiger partial charge in [0.05, 0.1) is 17.1 Å². The first-order valence-electron chi connectivity index (χ1n) is 9.01. The van der Waals surface area contributed by atoms with E-state index in [0.717, 1.165) is 31.8 Å². The second kappa shape index (κ2) is 7.64. The Balaban J connectivity index is 1.90. The lowest BCUT2D eigenvalue weighted by Gasteiger charge is -2.13. The van der Waals surface area contributed by atoms with Crippen LogP contribution in [0.2, 0.25) is 0 Å². The molecule has 2 heterocycles. The third-order valence-electron chi connectivity index (χ3n) is 4.87. The van der Waals surface area contributed by atoms with Crippen LogP contribution in [-0.4, -0.2) is 20.9 Å². The Labute approximate surface area is 178 Å². The Bertz CT molecular complexity index is 1270. The van der Waals surface area contributed by atoms with Crippen LogP contribution in [0.1, 0.15) is 37.6 Å². The molecular formula is C21H18Br2N4O. The van der Waals surface area contributed by atoms with E-state index in [1.807, 2.05) is 36.5 Å². The van der Waals surface area contributed by atoms with Gasteiger partial charge in [0, 0.05) is 37.5 Å². The Hall–Kier alpha value is -2.25. The lowest BCUT2D eigenvalue weighted by atomic mass is 10.1. The van der Waals surface area contributed by atoms with Crippen LogP contribution in [0.4, 0.5) is 0 Å². The van der Waals surface area contributed by atoms with Crippen molar-refractivity contribution >= 4 is 59.9 Å². The Kier molecular flexibility index (Phi) is 5.21. The summed E-state index contributed by atoms with van der Waals surface area (Å²) in [4.78, 5) is 21.1. The fourth-order valence-electron chi connectivity index (χ4n) is 3.12. The first-order valence-corrected chi connectivity index (χ1v) is 10.6. The molecule has 0 aliphatic heterocycles. The first-order chi connectivity index (χ1) is 13.5. The summed E-state index contributed by atoms with van der Waals surface area (Å²) >= 11 is 6.94. The number of H-pyrrole nitrogens is 1. The SMILES string of the molecule is CC[C@@H](C)c1nc2ccc(Br)cc2c(=O)n1N=Cc1c[nH]c2ccc(Br)cc12. The summed E-state index contributed by atoms with van der Waals surface area (Å²) in [6.45, 7) is 4.13. The van der Waals surface area contributed by atoms with Crippen LogP contribution in [0.3, 0.4) is 0 Å². The molecule has 0 bridgehead atoms. The molecule has 5 nitrogen and oxygen atoms in total. The number of rotatable bonds is 4. The van der Waals surface area contributed by atoms with E-state index in [2.05, 4.69) is 55.8 Å². The summed E-state index contributed by atoms with van der Waals surface area (Å²) in [5, 5.41) is 6.12.